The van der Waals surface area contributed by atoms with Crippen LogP contribution in [0.5, 0.6) is 11.5 Å². The zero-order valence-electron chi connectivity index (χ0n) is 20.7. The molecular weight excluding hydrogens is 470 g/mol. The summed E-state index contributed by atoms with van der Waals surface area (Å²) in [5.41, 5.74) is 2.61. The first-order valence-corrected chi connectivity index (χ1v) is 12.4. The normalized spacial score (nSPS) is 15.6. The lowest BCUT2D eigenvalue weighted by Crippen LogP contribution is -2.25. The number of ether oxygens (including phenoxy) is 2. The number of aromatic amines is 1. The molecule has 1 aliphatic heterocycles. The van der Waals surface area contributed by atoms with Crippen LogP contribution in [0, 0.1) is 0 Å². The van der Waals surface area contributed by atoms with E-state index in [1.54, 1.807) is 6.07 Å². The second kappa shape index (κ2) is 8.92. The van der Waals surface area contributed by atoms with Crippen LogP contribution in [0.1, 0.15) is 43.9 Å². The number of nitrogens with one attached hydrogen (secondary N) is 2. The van der Waals surface area contributed by atoms with Gasteiger partial charge in [0.25, 0.3) is 11.5 Å². The Bertz CT molecular complexity index is 1540. The van der Waals surface area contributed by atoms with E-state index in [0.717, 1.165) is 36.1 Å². The van der Waals surface area contributed by atoms with Crippen molar-refractivity contribution in [2.45, 2.75) is 44.6 Å². The predicted octanol–water partition coefficient (Wildman–Crippen LogP) is 4.23. The largest absolute Gasteiger partial charge is 0.483 e. The Hall–Kier alpha value is -4.40. The molecule has 0 radical (unpaired) electrons. The molecule has 1 saturated carbocycles. The van der Waals surface area contributed by atoms with Crippen molar-refractivity contribution in [1.29, 1.82) is 0 Å². The fraction of sp³-hybridized carbons (Fsp3) is 0.286. The number of H-pyrrole nitrogens is 1. The van der Waals surface area contributed by atoms with Gasteiger partial charge in [-0.1, -0.05) is 42.5 Å². The number of carbonyl (C=O) groups excluding carboxylic acids is 1. The van der Waals surface area contributed by atoms with Gasteiger partial charge in [-0.2, -0.15) is 9.78 Å². The molecule has 4 aromatic rings. The first-order valence-electron chi connectivity index (χ1n) is 12.4. The molecule has 9 nitrogen and oxygen atoms in total. The summed E-state index contributed by atoms with van der Waals surface area (Å²) in [4.78, 5) is 32.8. The minimum atomic E-state index is -0.361. The fourth-order valence-electron chi connectivity index (χ4n) is 4.55. The van der Waals surface area contributed by atoms with Crippen LogP contribution in [0.2, 0.25) is 0 Å². The molecular formula is C28H27N5O4. The maximum absolute atomic E-state index is 12.9. The molecule has 0 bridgehead atoms. The summed E-state index contributed by atoms with van der Waals surface area (Å²) in [5, 5.41) is 7.54. The van der Waals surface area contributed by atoms with Crippen LogP contribution >= 0.6 is 0 Å². The van der Waals surface area contributed by atoms with Crippen molar-refractivity contribution in [3.63, 3.8) is 0 Å². The van der Waals surface area contributed by atoms with Gasteiger partial charge in [0.2, 0.25) is 5.95 Å². The highest BCUT2D eigenvalue weighted by atomic mass is 16.5. The molecule has 1 fully saturated rings. The van der Waals surface area contributed by atoms with Gasteiger partial charge in [-0.25, -0.2) is 4.98 Å². The topological polar surface area (TPSA) is 111 Å². The van der Waals surface area contributed by atoms with Crippen molar-refractivity contribution in [1.82, 2.24) is 19.7 Å². The van der Waals surface area contributed by atoms with Gasteiger partial charge in [-0.05, 0) is 32.8 Å². The zero-order chi connectivity index (χ0) is 25.6. The molecule has 0 spiro atoms. The number of carbonyl (C=O) groups is 1. The van der Waals surface area contributed by atoms with Gasteiger partial charge in [0, 0.05) is 35.6 Å². The molecule has 2 aliphatic rings. The second-order valence-corrected chi connectivity index (χ2v) is 10.1. The summed E-state index contributed by atoms with van der Waals surface area (Å²) in [6.07, 6.45) is 2.86. The number of nitrogens with zero attached hydrogens (tertiary/aromatic N) is 3. The lowest BCUT2D eigenvalue weighted by Gasteiger charge is -2.18. The monoisotopic (exact) mass is 497 g/mol. The van der Waals surface area contributed by atoms with Crippen LogP contribution in [0.15, 0.2) is 65.5 Å². The van der Waals surface area contributed by atoms with E-state index in [2.05, 4.69) is 20.4 Å². The van der Waals surface area contributed by atoms with Gasteiger partial charge in [0.1, 0.15) is 11.4 Å². The number of fused-ring (bicyclic) bond motifs is 1. The summed E-state index contributed by atoms with van der Waals surface area (Å²) in [6, 6.07) is 18.4. The van der Waals surface area contributed by atoms with E-state index in [-0.39, 0.29) is 29.6 Å². The molecule has 3 heterocycles. The number of anilines is 1. The van der Waals surface area contributed by atoms with Crippen LogP contribution in [-0.2, 0) is 11.2 Å². The zero-order valence-corrected chi connectivity index (χ0v) is 20.7. The third-order valence-electron chi connectivity index (χ3n) is 6.40. The first kappa shape index (κ1) is 23.0. The smallest absolute Gasteiger partial charge is 0.263 e. The van der Waals surface area contributed by atoms with Crippen LogP contribution < -0.4 is 20.3 Å². The Kier molecular flexibility index (Phi) is 5.55. The number of hydrogen-bond donors (Lipinski definition) is 2. The summed E-state index contributed by atoms with van der Waals surface area (Å²) in [5.74, 6) is 1.84. The molecule has 2 aromatic carbocycles. The van der Waals surface area contributed by atoms with E-state index in [0.29, 0.717) is 28.9 Å². The van der Waals surface area contributed by atoms with E-state index in [1.165, 1.54) is 10.7 Å². The van der Waals surface area contributed by atoms with Crippen LogP contribution in [0.25, 0.3) is 17.2 Å². The van der Waals surface area contributed by atoms with Crippen molar-refractivity contribution < 1.29 is 14.3 Å². The Morgan fingerprint density at radius 2 is 1.97 bits per heavy atom. The summed E-state index contributed by atoms with van der Waals surface area (Å²) < 4.78 is 13.4. The summed E-state index contributed by atoms with van der Waals surface area (Å²) in [6.45, 7) is 3.83. The average molecular weight is 498 g/mol. The average Bonchev–Trinajstić information content (AvgIpc) is 3.56. The van der Waals surface area contributed by atoms with E-state index in [4.69, 9.17) is 9.47 Å². The van der Waals surface area contributed by atoms with Gasteiger partial charge in [-0.15, -0.1) is 0 Å². The molecule has 37 heavy (non-hydrogen) atoms. The van der Waals surface area contributed by atoms with Gasteiger partial charge >= 0.3 is 0 Å². The Labute approximate surface area is 213 Å². The molecule has 2 aromatic heterocycles. The highest BCUT2D eigenvalue weighted by Crippen LogP contribution is 2.42. The van der Waals surface area contributed by atoms with Crippen molar-refractivity contribution in [2.75, 3.05) is 11.9 Å². The van der Waals surface area contributed by atoms with Crippen molar-refractivity contribution in [3.05, 3.63) is 82.3 Å². The summed E-state index contributed by atoms with van der Waals surface area (Å²) >= 11 is 0. The maximum Gasteiger partial charge on any atom is 0.263 e. The number of benzene rings is 2. The summed E-state index contributed by atoms with van der Waals surface area (Å²) in [7, 11) is 0. The van der Waals surface area contributed by atoms with Crippen molar-refractivity contribution >= 4 is 11.7 Å². The first-order chi connectivity index (χ1) is 17.8. The number of para-hydroxylation sites is 1. The van der Waals surface area contributed by atoms with E-state index < -0.39 is 0 Å². The maximum atomic E-state index is 12.9. The Balaban J connectivity index is 1.25. The quantitative estimate of drug-likeness (QED) is 0.395. The molecule has 0 atom stereocenters. The highest BCUT2D eigenvalue weighted by molar-refractivity contribution is 5.91. The Morgan fingerprint density at radius 3 is 2.76 bits per heavy atom. The standard InChI is InChI=1S/C28H27N5O4/c1-28(2)15-19-9-6-10-22(26(19)37-28)36-16-25(35)30-23-13-21(18-11-12-18)32-33(23)27-29-20(14-24(34)31-27)17-7-4-3-5-8-17/h3-10,13-14,18H,11-12,15-16H2,1-2H3,(H,30,35)(H,29,31,34). The second-order valence-electron chi connectivity index (χ2n) is 10.1. The van der Waals surface area contributed by atoms with Crippen LogP contribution in [0.3, 0.4) is 0 Å². The van der Waals surface area contributed by atoms with E-state index in [9.17, 15) is 9.59 Å². The molecule has 9 heteroatoms. The van der Waals surface area contributed by atoms with E-state index in [1.807, 2.05) is 62.4 Å². The molecule has 0 saturated heterocycles. The number of amides is 1. The minimum absolute atomic E-state index is 0.210. The molecule has 6 rings (SSSR count). The highest BCUT2D eigenvalue weighted by Gasteiger charge is 2.32. The van der Waals surface area contributed by atoms with Crippen molar-refractivity contribution in [2.24, 2.45) is 0 Å². The number of aromatic nitrogens is 4. The van der Waals surface area contributed by atoms with Crippen LogP contribution in [-0.4, -0.2) is 37.9 Å². The lowest BCUT2D eigenvalue weighted by atomic mass is 10.0. The Morgan fingerprint density at radius 1 is 1.16 bits per heavy atom. The molecule has 2 N–H and O–H groups in total. The van der Waals surface area contributed by atoms with E-state index >= 15 is 0 Å². The number of hydrogen-bond acceptors (Lipinski definition) is 6. The molecule has 188 valence electrons. The van der Waals surface area contributed by atoms with Gasteiger partial charge in [-0.3, -0.25) is 14.6 Å². The van der Waals surface area contributed by atoms with Gasteiger partial charge < -0.3 is 14.8 Å². The van der Waals surface area contributed by atoms with Crippen LogP contribution in [0.4, 0.5) is 5.82 Å². The fourth-order valence-corrected chi connectivity index (χ4v) is 4.55. The van der Waals surface area contributed by atoms with Gasteiger partial charge in [0.15, 0.2) is 18.1 Å². The minimum Gasteiger partial charge on any atom is -0.483 e. The lowest BCUT2D eigenvalue weighted by molar-refractivity contribution is -0.118. The molecule has 1 aliphatic carbocycles. The van der Waals surface area contributed by atoms with Crippen molar-refractivity contribution in [3.8, 4) is 28.7 Å². The predicted molar refractivity (Wildman–Crippen MR) is 138 cm³/mol. The number of rotatable bonds is 7. The molecule has 0 unspecified atom stereocenters. The molecule has 1 amide bonds. The SMILES string of the molecule is CC1(C)Cc2cccc(OCC(=O)Nc3cc(C4CC4)nn3-c3nc(-c4ccccc4)cc(=O)[nH]3)c2O1. The van der Waals surface area contributed by atoms with Gasteiger partial charge in [0.05, 0.1) is 11.4 Å². The third-order valence-corrected chi connectivity index (χ3v) is 6.40. The third kappa shape index (κ3) is 4.84.